The van der Waals surface area contributed by atoms with Crippen LogP contribution in [0.15, 0.2) is 6.07 Å². The van der Waals surface area contributed by atoms with Gasteiger partial charge in [-0.15, -0.1) is 0 Å². The number of hydrogen-bond donors (Lipinski definition) is 3. The van der Waals surface area contributed by atoms with E-state index in [-0.39, 0.29) is 6.61 Å². The van der Waals surface area contributed by atoms with Gasteiger partial charge < -0.3 is 10.4 Å². The second-order valence-electron chi connectivity index (χ2n) is 3.52. The Morgan fingerprint density at radius 3 is 3.15 bits per heavy atom. The Morgan fingerprint density at radius 1 is 1.62 bits per heavy atom. The maximum atomic E-state index is 8.86. The van der Waals surface area contributed by atoms with Gasteiger partial charge in [0.15, 0.2) is 0 Å². The van der Waals surface area contributed by atoms with E-state index in [2.05, 4.69) is 15.5 Å². The molecule has 2 rings (SSSR count). The quantitative estimate of drug-likeness (QED) is 0.617. The van der Waals surface area contributed by atoms with Crippen molar-refractivity contribution in [3.63, 3.8) is 0 Å². The normalized spacial score (nSPS) is 23.3. The monoisotopic (exact) mass is 181 g/mol. The summed E-state index contributed by atoms with van der Waals surface area (Å²) in [4.78, 5) is 0. The molecule has 0 amide bonds. The van der Waals surface area contributed by atoms with Crippen molar-refractivity contribution in [1.29, 1.82) is 0 Å². The van der Waals surface area contributed by atoms with Gasteiger partial charge in [0.1, 0.15) is 0 Å². The van der Waals surface area contributed by atoms with E-state index >= 15 is 0 Å². The fourth-order valence-corrected chi connectivity index (χ4v) is 1.77. The third-order valence-corrected chi connectivity index (χ3v) is 2.54. The second kappa shape index (κ2) is 3.89. The maximum Gasteiger partial charge on any atom is 0.0847 e. The molecular weight excluding hydrogens is 166 g/mol. The molecule has 0 bridgehead atoms. The second-order valence-corrected chi connectivity index (χ2v) is 3.52. The molecule has 2 heterocycles. The fourth-order valence-electron chi connectivity index (χ4n) is 1.77. The number of aromatic nitrogens is 2. The summed E-state index contributed by atoms with van der Waals surface area (Å²) in [5, 5.41) is 19.2. The average molecular weight is 181 g/mol. The van der Waals surface area contributed by atoms with Gasteiger partial charge in [0.25, 0.3) is 0 Å². The number of nitrogens with zero attached hydrogens (tertiary/aromatic N) is 1. The molecule has 0 unspecified atom stereocenters. The van der Waals surface area contributed by atoms with E-state index in [9.17, 15) is 0 Å². The van der Waals surface area contributed by atoms with Crippen LogP contribution in [0.1, 0.15) is 30.1 Å². The summed E-state index contributed by atoms with van der Waals surface area (Å²) in [5.74, 6) is 0.519. The zero-order valence-corrected chi connectivity index (χ0v) is 7.58. The molecule has 0 aliphatic carbocycles. The molecule has 13 heavy (non-hydrogen) atoms. The first-order valence-electron chi connectivity index (χ1n) is 4.76. The Balaban J connectivity index is 2.05. The number of aromatic amines is 1. The molecule has 1 aromatic rings. The fraction of sp³-hybridized carbons (Fsp3) is 0.667. The van der Waals surface area contributed by atoms with E-state index in [4.69, 9.17) is 5.11 Å². The van der Waals surface area contributed by atoms with Crippen LogP contribution in [0.25, 0.3) is 0 Å². The van der Waals surface area contributed by atoms with E-state index in [1.807, 2.05) is 6.07 Å². The van der Waals surface area contributed by atoms with E-state index in [1.165, 1.54) is 12.8 Å². The minimum atomic E-state index is 0.0488. The van der Waals surface area contributed by atoms with Crippen LogP contribution in [0.4, 0.5) is 0 Å². The number of nitrogens with one attached hydrogen (secondary N) is 2. The molecule has 1 aromatic heterocycles. The lowest BCUT2D eigenvalue weighted by Gasteiger charge is -2.20. The summed E-state index contributed by atoms with van der Waals surface area (Å²) in [5.41, 5.74) is 1.89. The smallest absolute Gasteiger partial charge is 0.0847 e. The van der Waals surface area contributed by atoms with Crippen LogP contribution in [0.3, 0.4) is 0 Å². The lowest BCUT2D eigenvalue weighted by molar-refractivity contribution is 0.276. The Bertz CT molecular complexity index is 266. The highest BCUT2D eigenvalue weighted by Crippen LogP contribution is 2.21. The van der Waals surface area contributed by atoms with Crippen LogP contribution in [0.2, 0.25) is 0 Å². The first-order chi connectivity index (χ1) is 6.40. The van der Waals surface area contributed by atoms with Gasteiger partial charge in [-0.25, -0.2) is 0 Å². The number of hydrogen-bond acceptors (Lipinski definition) is 3. The number of aliphatic hydroxyl groups is 1. The van der Waals surface area contributed by atoms with E-state index in [1.54, 1.807) is 0 Å². The van der Waals surface area contributed by atoms with Gasteiger partial charge in [-0.1, -0.05) is 0 Å². The van der Waals surface area contributed by atoms with Gasteiger partial charge in [0.2, 0.25) is 0 Å². The summed E-state index contributed by atoms with van der Waals surface area (Å²) >= 11 is 0. The number of rotatable bonds is 2. The van der Waals surface area contributed by atoms with Gasteiger partial charge in [-0.05, 0) is 25.5 Å². The Kier molecular flexibility index (Phi) is 2.61. The molecule has 0 radical (unpaired) electrons. The predicted octanol–water partition coefficient (Wildman–Crippen LogP) is 0.369. The van der Waals surface area contributed by atoms with Gasteiger partial charge in [0, 0.05) is 12.5 Å². The summed E-state index contributed by atoms with van der Waals surface area (Å²) in [6.07, 6.45) is 2.41. The Hall–Kier alpha value is -0.870. The average Bonchev–Trinajstić information content (AvgIpc) is 2.67. The van der Waals surface area contributed by atoms with Crippen LogP contribution in [0.5, 0.6) is 0 Å². The van der Waals surface area contributed by atoms with Crippen LogP contribution < -0.4 is 5.32 Å². The van der Waals surface area contributed by atoms with E-state index in [0.29, 0.717) is 5.92 Å². The van der Waals surface area contributed by atoms with E-state index in [0.717, 1.165) is 24.5 Å². The van der Waals surface area contributed by atoms with Crippen molar-refractivity contribution in [2.24, 2.45) is 0 Å². The third-order valence-electron chi connectivity index (χ3n) is 2.54. The number of aliphatic hydroxyl groups excluding tert-OH is 1. The summed E-state index contributed by atoms with van der Waals surface area (Å²) < 4.78 is 0. The molecule has 4 heteroatoms. The summed E-state index contributed by atoms with van der Waals surface area (Å²) in [6, 6.07) is 1.96. The van der Waals surface area contributed by atoms with Crippen LogP contribution in [0, 0.1) is 0 Å². The van der Waals surface area contributed by atoms with Crippen molar-refractivity contribution in [1.82, 2.24) is 15.5 Å². The number of H-pyrrole nitrogens is 1. The van der Waals surface area contributed by atoms with Crippen LogP contribution >= 0.6 is 0 Å². The minimum absolute atomic E-state index is 0.0488. The summed E-state index contributed by atoms with van der Waals surface area (Å²) in [7, 11) is 0. The van der Waals surface area contributed by atoms with Gasteiger partial charge in [-0.3, -0.25) is 5.10 Å². The van der Waals surface area contributed by atoms with Crippen molar-refractivity contribution >= 4 is 0 Å². The number of piperidine rings is 1. The highest BCUT2D eigenvalue weighted by Gasteiger charge is 2.17. The van der Waals surface area contributed by atoms with Crippen molar-refractivity contribution in [2.75, 3.05) is 13.1 Å². The molecule has 1 saturated heterocycles. The zero-order valence-electron chi connectivity index (χ0n) is 7.58. The van der Waals surface area contributed by atoms with Crippen LogP contribution in [-0.4, -0.2) is 28.4 Å². The standard InChI is InChI=1S/C9H15N3O/c13-6-8-4-9(12-11-8)7-2-1-3-10-5-7/h4,7,10,13H,1-3,5-6H2,(H,11,12)/t7-/m1/s1. The SMILES string of the molecule is OCc1cc([C@@H]2CCCNC2)n[nH]1. The largest absolute Gasteiger partial charge is 0.390 e. The molecule has 4 nitrogen and oxygen atoms in total. The zero-order chi connectivity index (χ0) is 9.10. The highest BCUT2D eigenvalue weighted by atomic mass is 16.3. The predicted molar refractivity (Wildman–Crippen MR) is 49.4 cm³/mol. The highest BCUT2D eigenvalue weighted by molar-refractivity contribution is 5.13. The molecule has 0 spiro atoms. The first-order valence-corrected chi connectivity index (χ1v) is 4.76. The van der Waals surface area contributed by atoms with Crippen LogP contribution in [-0.2, 0) is 6.61 Å². The topological polar surface area (TPSA) is 60.9 Å². The van der Waals surface area contributed by atoms with E-state index < -0.39 is 0 Å². The molecule has 0 saturated carbocycles. The minimum Gasteiger partial charge on any atom is -0.390 e. The van der Waals surface area contributed by atoms with Crippen molar-refractivity contribution in [3.05, 3.63) is 17.5 Å². The lowest BCUT2D eigenvalue weighted by atomic mass is 9.96. The first kappa shape index (κ1) is 8.72. The van der Waals surface area contributed by atoms with Gasteiger partial charge in [0.05, 0.1) is 18.0 Å². The maximum absolute atomic E-state index is 8.86. The summed E-state index contributed by atoms with van der Waals surface area (Å²) in [6.45, 7) is 2.18. The molecule has 1 atom stereocenters. The van der Waals surface area contributed by atoms with Gasteiger partial charge in [-0.2, -0.15) is 5.10 Å². The molecule has 3 N–H and O–H groups in total. The third kappa shape index (κ3) is 1.89. The Morgan fingerprint density at radius 2 is 2.54 bits per heavy atom. The molecular formula is C9H15N3O. The molecule has 1 aliphatic rings. The molecule has 1 fully saturated rings. The van der Waals surface area contributed by atoms with Crippen molar-refractivity contribution in [2.45, 2.75) is 25.4 Å². The van der Waals surface area contributed by atoms with Crippen molar-refractivity contribution < 1.29 is 5.11 Å². The molecule has 1 aliphatic heterocycles. The molecule has 72 valence electrons. The van der Waals surface area contributed by atoms with Crippen molar-refractivity contribution in [3.8, 4) is 0 Å². The lowest BCUT2D eigenvalue weighted by Crippen LogP contribution is -2.28. The van der Waals surface area contributed by atoms with Gasteiger partial charge >= 0.3 is 0 Å². The molecule has 0 aromatic carbocycles. The Labute approximate surface area is 77.4 Å².